The number of hydrogen-bond donors (Lipinski definition) is 2. The summed E-state index contributed by atoms with van der Waals surface area (Å²) < 4.78 is 0. The van der Waals surface area contributed by atoms with Crippen molar-refractivity contribution in [3.8, 4) is 0 Å². The molecule has 0 bridgehead atoms. The second-order valence-corrected chi connectivity index (χ2v) is 5.42. The van der Waals surface area contributed by atoms with Crippen LogP contribution in [0, 0.1) is 0 Å². The maximum Gasteiger partial charge on any atom is 0.253 e. The standard InChI is InChI=1S/C16H23N3O2S/c1-4-9-19(10-5-2)15(21)13-7-6-8-14(11-13)18-16(22)17-12(3)20/h6-8,11H,4-5,9-10H2,1-3H3,(H2,17,18,20,22). The molecule has 6 heteroatoms. The minimum atomic E-state index is -0.234. The molecule has 0 fully saturated rings. The number of rotatable bonds is 6. The lowest BCUT2D eigenvalue weighted by Crippen LogP contribution is -2.33. The molecule has 0 spiro atoms. The third kappa shape index (κ3) is 5.81. The summed E-state index contributed by atoms with van der Waals surface area (Å²) in [4.78, 5) is 25.3. The minimum Gasteiger partial charge on any atom is -0.339 e. The Labute approximate surface area is 137 Å². The number of carbonyl (C=O) groups excluding carboxylic acids is 2. The molecule has 0 radical (unpaired) electrons. The molecule has 0 aliphatic carbocycles. The summed E-state index contributed by atoms with van der Waals surface area (Å²) in [5.41, 5.74) is 1.29. The Kier molecular flexibility index (Phi) is 7.52. The van der Waals surface area contributed by atoms with E-state index >= 15 is 0 Å². The van der Waals surface area contributed by atoms with E-state index in [9.17, 15) is 9.59 Å². The first kappa shape index (κ1) is 18.1. The number of benzene rings is 1. The summed E-state index contributed by atoms with van der Waals surface area (Å²) in [5, 5.41) is 5.61. The zero-order chi connectivity index (χ0) is 16.5. The van der Waals surface area contributed by atoms with Gasteiger partial charge in [0.15, 0.2) is 5.11 Å². The van der Waals surface area contributed by atoms with Crippen LogP contribution in [0.4, 0.5) is 5.69 Å². The first-order valence-electron chi connectivity index (χ1n) is 7.45. The quantitative estimate of drug-likeness (QED) is 0.791. The molecule has 5 nitrogen and oxygen atoms in total. The van der Waals surface area contributed by atoms with E-state index in [0.29, 0.717) is 11.3 Å². The van der Waals surface area contributed by atoms with Crippen molar-refractivity contribution in [2.45, 2.75) is 33.6 Å². The molecule has 0 unspecified atom stereocenters. The zero-order valence-electron chi connectivity index (χ0n) is 13.3. The molecule has 1 aromatic rings. The third-order valence-corrected chi connectivity index (χ3v) is 3.14. The van der Waals surface area contributed by atoms with Gasteiger partial charge in [-0.15, -0.1) is 0 Å². The van der Waals surface area contributed by atoms with Crippen molar-refractivity contribution in [2.24, 2.45) is 0 Å². The fourth-order valence-electron chi connectivity index (χ4n) is 2.09. The Hall–Kier alpha value is -1.95. The van der Waals surface area contributed by atoms with Gasteiger partial charge in [0.05, 0.1) is 0 Å². The Bertz CT molecular complexity index is 540. The van der Waals surface area contributed by atoms with E-state index in [4.69, 9.17) is 12.2 Å². The summed E-state index contributed by atoms with van der Waals surface area (Å²) in [6, 6.07) is 7.12. The molecule has 0 saturated heterocycles. The van der Waals surface area contributed by atoms with Crippen molar-refractivity contribution >= 4 is 34.8 Å². The second-order valence-electron chi connectivity index (χ2n) is 5.01. The Morgan fingerprint density at radius 3 is 2.36 bits per heavy atom. The van der Waals surface area contributed by atoms with E-state index in [0.717, 1.165) is 25.9 Å². The first-order valence-corrected chi connectivity index (χ1v) is 7.86. The largest absolute Gasteiger partial charge is 0.339 e. The number of nitrogens with zero attached hydrogens (tertiary/aromatic N) is 1. The van der Waals surface area contributed by atoms with E-state index in [1.165, 1.54) is 6.92 Å². The van der Waals surface area contributed by atoms with Crippen molar-refractivity contribution in [3.05, 3.63) is 29.8 Å². The zero-order valence-corrected chi connectivity index (χ0v) is 14.1. The van der Waals surface area contributed by atoms with E-state index in [1.54, 1.807) is 24.3 Å². The van der Waals surface area contributed by atoms with Crippen LogP contribution in [0.15, 0.2) is 24.3 Å². The van der Waals surface area contributed by atoms with Gasteiger partial charge in [-0.1, -0.05) is 19.9 Å². The maximum absolute atomic E-state index is 12.5. The van der Waals surface area contributed by atoms with Gasteiger partial charge >= 0.3 is 0 Å². The normalized spacial score (nSPS) is 9.95. The summed E-state index contributed by atoms with van der Waals surface area (Å²) in [6.45, 7) is 6.99. The smallest absolute Gasteiger partial charge is 0.253 e. The SMILES string of the molecule is CCCN(CCC)C(=O)c1cccc(NC(=S)NC(C)=O)c1. The Morgan fingerprint density at radius 1 is 1.18 bits per heavy atom. The van der Waals surface area contributed by atoms with E-state index in [1.807, 2.05) is 4.90 Å². The van der Waals surface area contributed by atoms with Crippen LogP contribution in [-0.4, -0.2) is 34.9 Å². The van der Waals surface area contributed by atoms with Crippen molar-refractivity contribution in [3.63, 3.8) is 0 Å². The predicted molar refractivity (Wildman–Crippen MR) is 93.0 cm³/mol. The molecule has 1 aromatic carbocycles. The lowest BCUT2D eigenvalue weighted by molar-refractivity contribution is -0.117. The lowest BCUT2D eigenvalue weighted by Gasteiger charge is -2.21. The summed E-state index contributed by atoms with van der Waals surface area (Å²) in [5.74, 6) is -0.223. The third-order valence-electron chi connectivity index (χ3n) is 2.93. The Morgan fingerprint density at radius 2 is 1.82 bits per heavy atom. The minimum absolute atomic E-state index is 0.0118. The maximum atomic E-state index is 12.5. The van der Waals surface area contributed by atoms with Crippen molar-refractivity contribution in [1.82, 2.24) is 10.2 Å². The monoisotopic (exact) mass is 321 g/mol. The van der Waals surface area contributed by atoms with Gasteiger partial charge in [0.1, 0.15) is 0 Å². The highest BCUT2D eigenvalue weighted by atomic mass is 32.1. The van der Waals surface area contributed by atoms with Crippen LogP contribution in [0.1, 0.15) is 44.0 Å². The topological polar surface area (TPSA) is 61.4 Å². The average molecular weight is 321 g/mol. The molecule has 0 aromatic heterocycles. The van der Waals surface area contributed by atoms with Crippen LogP contribution in [0.3, 0.4) is 0 Å². The highest BCUT2D eigenvalue weighted by Gasteiger charge is 2.14. The number of thiocarbonyl (C=S) groups is 1. The van der Waals surface area contributed by atoms with Gasteiger partial charge in [0.2, 0.25) is 5.91 Å². The van der Waals surface area contributed by atoms with Crippen LogP contribution in [0.5, 0.6) is 0 Å². The molecule has 0 aliphatic heterocycles. The van der Waals surface area contributed by atoms with Crippen LogP contribution >= 0.6 is 12.2 Å². The molecule has 0 aliphatic rings. The molecule has 2 N–H and O–H groups in total. The molecule has 120 valence electrons. The number of hydrogen-bond acceptors (Lipinski definition) is 3. The molecule has 2 amide bonds. The van der Waals surface area contributed by atoms with Gasteiger partial charge in [0.25, 0.3) is 5.91 Å². The highest BCUT2D eigenvalue weighted by molar-refractivity contribution is 7.80. The van der Waals surface area contributed by atoms with Crippen LogP contribution in [-0.2, 0) is 4.79 Å². The number of nitrogens with one attached hydrogen (secondary N) is 2. The highest BCUT2D eigenvalue weighted by Crippen LogP contribution is 2.13. The fraction of sp³-hybridized carbons (Fsp3) is 0.438. The van der Waals surface area contributed by atoms with Crippen molar-refractivity contribution < 1.29 is 9.59 Å². The molecule has 22 heavy (non-hydrogen) atoms. The van der Waals surface area contributed by atoms with Crippen LogP contribution in [0.25, 0.3) is 0 Å². The van der Waals surface area contributed by atoms with Gasteiger partial charge in [-0.3, -0.25) is 9.59 Å². The average Bonchev–Trinajstić information content (AvgIpc) is 2.45. The van der Waals surface area contributed by atoms with Crippen LogP contribution < -0.4 is 10.6 Å². The van der Waals surface area contributed by atoms with Gasteiger partial charge in [0, 0.05) is 31.3 Å². The van der Waals surface area contributed by atoms with Crippen molar-refractivity contribution in [2.75, 3.05) is 18.4 Å². The molecule has 1 rings (SSSR count). The molecule has 0 saturated carbocycles. The number of amides is 2. The van der Waals surface area contributed by atoms with E-state index in [-0.39, 0.29) is 16.9 Å². The summed E-state index contributed by atoms with van der Waals surface area (Å²) in [7, 11) is 0. The lowest BCUT2D eigenvalue weighted by atomic mass is 10.1. The fourth-order valence-corrected chi connectivity index (χ4v) is 2.35. The number of anilines is 1. The summed E-state index contributed by atoms with van der Waals surface area (Å²) in [6.07, 6.45) is 1.85. The molecular weight excluding hydrogens is 298 g/mol. The predicted octanol–water partition coefficient (Wildman–Crippen LogP) is 2.78. The van der Waals surface area contributed by atoms with Crippen LogP contribution in [0.2, 0.25) is 0 Å². The molecular formula is C16H23N3O2S. The number of carbonyl (C=O) groups is 2. The van der Waals surface area contributed by atoms with Crippen molar-refractivity contribution in [1.29, 1.82) is 0 Å². The first-order chi connectivity index (χ1) is 10.5. The van der Waals surface area contributed by atoms with E-state index in [2.05, 4.69) is 24.5 Å². The van der Waals surface area contributed by atoms with Gasteiger partial charge in [-0.2, -0.15) is 0 Å². The second kappa shape index (κ2) is 9.15. The molecule has 0 atom stereocenters. The Balaban J connectivity index is 2.83. The molecule has 0 heterocycles. The summed E-state index contributed by atoms with van der Waals surface area (Å²) >= 11 is 5.02. The van der Waals surface area contributed by atoms with E-state index < -0.39 is 0 Å². The van der Waals surface area contributed by atoms with Gasteiger partial charge in [-0.05, 0) is 43.3 Å². The van der Waals surface area contributed by atoms with Gasteiger partial charge < -0.3 is 15.5 Å². The van der Waals surface area contributed by atoms with Gasteiger partial charge in [-0.25, -0.2) is 0 Å².